The number of ether oxygens (including phenoxy) is 1. The van der Waals surface area contributed by atoms with Crippen LogP contribution in [0.25, 0.3) is 11.1 Å². The number of benzene rings is 2. The number of rotatable bonds is 11. The lowest BCUT2D eigenvalue weighted by atomic mass is 9.99. The quantitative estimate of drug-likeness (QED) is 0.292. The van der Waals surface area contributed by atoms with Crippen LogP contribution in [0.1, 0.15) is 64.1 Å². The Morgan fingerprint density at radius 2 is 1.76 bits per heavy atom. The van der Waals surface area contributed by atoms with Gasteiger partial charge in [-0.15, -0.1) is 12.4 Å². The Morgan fingerprint density at radius 1 is 1.07 bits per heavy atom. The van der Waals surface area contributed by atoms with Crippen molar-refractivity contribution < 1.29 is 29.0 Å². The second kappa shape index (κ2) is 15.5. The van der Waals surface area contributed by atoms with Crippen LogP contribution in [-0.2, 0) is 30.3 Å². The lowest BCUT2D eigenvalue weighted by Gasteiger charge is -2.34. The van der Waals surface area contributed by atoms with Gasteiger partial charge in [0.15, 0.2) is 6.10 Å². The molecule has 1 aliphatic heterocycles. The standard InChI is InChI=1S/C30H40N4O6.ClH/c1-18(2)27(28(36)32-20(4)29(37)34-16-6-9-25(33-34)30(38)39)40-26(35)15-12-21-10-13-22(14-11-21)24-8-5-7-23(17-24)19(3)31;/h5,7-8,10-11,13-14,17-20,25,27,33H,6,9,12,15-16,31H2,1-4H3,(H,32,36)(H,38,39);1H/t19-,20?,25?,27?;/m1./s1. The highest BCUT2D eigenvalue weighted by molar-refractivity contribution is 5.90. The fourth-order valence-electron chi connectivity index (χ4n) is 4.52. The summed E-state index contributed by atoms with van der Waals surface area (Å²) in [6.07, 6.45) is 0.428. The van der Waals surface area contributed by atoms with Gasteiger partial charge in [0.05, 0.1) is 0 Å². The normalized spacial score (nSPS) is 17.1. The first-order valence-corrected chi connectivity index (χ1v) is 13.7. The monoisotopic (exact) mass is 588 g/mol. The molecular weight excluding hydrogens is 548 g/mol. The van der Waals surface area contributed by atoms with Crippen molar-refractivity contribution in [2.24, 2.45) is 11.7 Å². The van der Waals surface area contributed by atoms with Crippen LogP contribution >= 0.6 is 12.4 Å². The van der Waals surface area contributed by atoms with E-state index in [4.69, 9.17) is 10.5 Å². The number of aryl methyl sites for hydroxylation is 1. The van der Waals surface area contributed by atoms with Crippen LogP contribution in [0.2, 0.25) is 0 Å². The van der Waals surface area contributed by atoms with Crippen LogP contribution in [-0.4, -0.2) is 58.6 Å². The number of nitrogens with two attached hydrogens (primary N) is 1. The number of nitrogens with zero attached hydrogens (tertiary/aromatic N) is 1. The summed E-state index contributed by atoms with van der Waals surface area (Å²) in [6.45, 7) is 7.31. The molecule has 0 saturated carbocycles. The summed E-state index contributed by atoms with van der Waals surface area (Å²) >= 11 is 0. The zero-order chi connectivity index (χ0) is 29.4. The number of hydrogen-bond acceptors (Lipinski definition) is 7. The van der Waals surface area contributed by atoms with Crippen LogP contribution in [0.15, 0.2) is 48.5 Å². The molecule has 0 bridgehead atoms. The summed E-state index contributed by atoms with van der Waals surface area (Å²) in [5, 5.41) is 13.1. The maximum Gasteiger partial charge on any atom is 0.322 e. The largest absolute Gasteiger partial charge is 0.480 e. The highest BCUT2D eigenvalue weighted by Crippen LogP contribution is 2.23. The number of hydrazine groups is 1. The molecule has 224 valence electrons. The van der Waals surface area contributed by atoms with Gasteiger partial charge in [0, 0.05) is 19.0 Å². The minimum atomic E-state index is -1.07. The van der Waals surface area contributed by atoms with Crippen molar-refractivity contribution in [3.8, 4) is 11.1 Å². The third-order valence-electron chi connectivity index (χ3n) is 6.92. The molecule has 41 heavy (non-hydrogen) atoms. The maximum absolute atomic E-state index is 12.9. The van der Waals surface area contributed by atoms with E-state index in [1.807, 2.05) is 49.4 Å². The van der Waals surface area contributed by atoms with Gasteiger partial charge in [0.2, 0.25) is 0 Å². The van der Waals surface area contributed by atoms with E-state index in [1.165, 1.54) is 11.9 Å². The molecule has 5 N–H and O–H groups in total. The topological polar surface area (TPSA) is 151 Å². The average molecular weight is 589 g/mol. The van der Waals surface area contributed by atoms with Gasteiger partial charge in [-0.05, 0) is 67.3 Å². The van der Waals surface area contributed by atoms with Crippen molar-refractivity contribution in [3.05, 3.63) is 59.7 Å². The molecule has 2 aromatic rings. The Bertz CT molecular complexity index is 1200. The molecule has 1 aliphatic rings. The van der Waals surface area contributed by atoms with E-state index >= 15 is 0 Å². The molecule has 1 saturated heterocycles. The first kappa shape index (κ1) is 33.7. The van der Waals surface area contributed by atoms with E-state index in [0.29, 0.717) is 25.8 Å². The number of nitrogens with one attached hydrogen (secondary N) is 2. The number of amides is 2. The lowest BCUT2D eigenvalue weighted by Crippen LogP contribution is -2.60. The van der Waals surface area contributed by atoms with Crippen LogP contribution in [0, 0.1) is 5.92 Å². The molecule has 0 aromatic heterocycles. The number of halogens is 1. The summed E-state index contributed by atoms with van der Waals surface area (Å²) in [4.78, 5) is 49.6. The third kappa shape index (κ3) is 9.55. The molecule has 0 spiro atoms. The van der Waals surface area contributed by atoms with Crippen LogP contribution in [0.5, 0.6) is 0 Å². The van der Waals surface area contributed by atoms with E-state index in [0.717, 1.165) is 22.3 Å². The Labute approximate surface area is 247 Å². The molecule has 0 radical (unpaired) electrons. The minimum Gasteiger partial charge on any atom is -0.480 e. The van der Waals surface area contributed by atoms with Crippen molar-refractivity contribution in [2.75, 3.05) is 6.54 Å². The highest BCUT2D eigenvalue weighted by atomic mass is 35.5. The molecular formula is C30H41ClN4O6. The zero-order valence-corrected chi connectivity index (χ0v) is 24.8. The van der Waals surface area contributed by atoms with Gasteiger partial charge in [-0.1, -0.05) is 56.3 Å². The molecule has 1 heterocycles. The van der Waals surface area contributed by atoms with Gasteiger partial charge in [0.25, 0.3) is 11.8 Å². The van der Waals surface area contributed by atoms with Crippen LogP contribution in [0.3, 0.4) is 0 Å². The summed E-state index contributed by atoms with van der Waals surface area (Å²) < 4.78 is 5.52. The summed E-state index contributed by atoms with van der Waals surface area (Å²) in [6, 6.07) is 14.2. The van der Waals surface area contributed by atoms with Gasteiger partial charge >= 0.3 is 11.9 Å². The summed E-state index contributed by atoms with van der Waals surface area (Å²) in [5.41, 5.74) is 12.8. The average Bonchev–Trinajstić information content (AvgIpc) is 2.94. The van der Waals surface area contributed by atoms with E-state index < -0.39 is 41.9 Å². The van der Waals surface area contributed by atoms with E-state index in [2.05, 4.69) is 16.8 Å². The lowest BCUT2D eigenvalue weighted by molar-refractivity contribution is -0.159. The van der Waals surface area contributed by atoms with Gasteiger partial charge in [-0.25, -0.2) is 5.43 Å². The SMILES string of the molecule is CC(NC(=O)C(OC(=O)CCc1ccc(-c2cccc([C@@H](C)N)c2)cc1)C(C)C)C(=O)N1CCCC(C(=O)O)N1.Cl. The van der Waals surface area contributed by atoms with Crippen LogP contribution < -0.4 is 16.5 Å². The van der Waals surface area contributed by atoms with E-state index in [1.54, 1.807) is 13.8 Å². The van der Waals surface area contributed by atoms with Crippen molar-refractivity contribution >= 4 is 36.2 Å². The molecule has 4 atom stereocenters. The third-order valence-corrected chi connectivity index (χ3v) is 6.92. The Hall–Kier alpha value is -3.47. The van der Waals surface area contributed by atoms with Gasteiger partial charge in [0.1, 0.15) is 12.1 Å². The minimum absolute atomic E-state index is 0. The number of carbonyl (C=O) groups excluding carboxylic acids is 3. The first-order chi connectivity index (χ1) is 19.0. The van der Waals surface area contributed by atoms with Gasteiger partial charge in [-0.3, -0.25) is 24.2 Å². The smallest absolute Gasteiger partial charge is 0.322 e. The molecule has 11 heteroatoms. The number of carboxylic acid groups (broad SMARTS) is 1. The number of hydrogen-bond donors (Lipinski definition) is 4. The maximum atomic E-state index is 12.9. The molecule has 3 unspecified atom stereocenters. The van der Waals surface area contributed by atoms with Gasteiger partial charge < -0.3 is 20.9 Å². The molecule has 10 nitrogen and oxygen atoms in total. The Balaban J connectivity index is 0.00000588. The van der Waals surface area contributed by atoms with Crippen molar-refractivity contribution in [2.45, 2.75) is 77.6 Å². The van der Waals surface area contributed by atoms with Gasteiger partial charge in [-0.2, -0.15) is 0 Å². The first-order valence-electron chi connectivity index (χ1n) is 13.7. The molecule has 3 rings (SSSR count). The highest BCUT2D eigenvalue weighted by Gasteiger charge is 2.33. The van der Waals surface area contributed by atoms with E-state index in [-0.39, 0.29) is 30.8 Å². The van der Waals surface area contributed by atoms with Crippen molar-refractivity contribution in [1.82, 2.24) is 15.8 Å². The van der Waals surface area contributed by atoms with Crippen LogP contribution in [0.4, 0.5) is 0 Å². The van der Waals surface area contributed by atoms with Crippen molar-refractivity contribution in [1.29, 1.82) is 0 Å². The number of esters is 1. The predicted molar refractivity (Wildman–Crippen MR) is 158 cm³/mol. The molecule has 2 aromatic carbocycles. The Morgan fingerprint density at radius 3 is 2.37 bits per heavy atom. The second-order valence-corrected chi connectivity index (χ2v) is 10.6. The van der Waals surface area contributed by atoms with Crippen molar-refractivity contribution in [3.63, 3.8) is 0 Å². The summed E-state index contributed by atoms with van der Waals surface area (Å²) in [7, 11) is 0. The fraction of sp³-hybridized carbons (Fsp3) is 0.467. The summed E-state index contributed by atoms with van der Waals surface area (Å²) in [5.74, 6) is -2.90. The Kier molecular flexibility index (Phi) is 12.8. The molecule has 2 amide bonds. The number of aliphatic carboxylic acids is 1. The second-order valence-electron chi connectivity index (χ2n) is 10.6. The zero-order valence-electron chi connectivity index (χ0n) is 24.0. The molecule has 0 aliphatic carbocycles. The number of carboxylic acids is 1. The fourth-order valence-corrected chi connectivity index (χ4v) is 4.52. The predicted octanol–water partition coefficient (Wildman–Crippen LogP) is 3.38. The molecule has 1 fully saturated rings. The number of carbonyl (C=O) groups is 4. The van der Waals surface area contributed by atoms with E-state index in [9.17, 15) is 24.3 Å².